The fourth-order valence-electron chi connectivity index (χ4n) is 1.34. The standard InChI is InChI=1S/C10H13BrN2O3S2/c1-6(10(14)12-7-2-3-7)13-18(15,16)9-5-4-8(11)17-9/h4-7,13H,2-3H2,1H3,(H,12,14). The second-order valence-electron chi connectivity index (χ2n) is 4.18. The molecule has 1 unspecified atom stereocenters. The minimum atomic E-state index is -3.62. The fourth-order valence-corrected chi connectivity index (χ4v) is 4.57. The van der Waals surface area contributed by atoms with Crippen LogP contribution in [0.4, 0.5) is 0 Å². The molecule has 8 heteroatoms. The highest BCUT2D eigenvalue weighted by molar-refractivity contribution is 9.11. The van der Waals surface area contributed by atoms with E-state index in [0.717, 1.165) is 28.0 Å². The first kappa shape index (κ1) is 14.0. The second-order valence-corrected chi connectivity index (χ2v) is 8.59. The van der Waals surface area contributed by atoms with Crippen LogP contribution in [0.15, 0.2) is 20.1 Å². The van der Waals surface area contributed by atoms with E-state index in [9.17, 15) is 13.2 Å². The maximum atomic E-state index is 12.0. The van der Waals surface area contributed by atoms with E-state index in [1.54, 1.807) is 6.07 Å². The smallest absolute Gasteiger partial charge is 0.250 e. The topological polar surface area (TPSA) is 75.3 Å². The molecule has 1 aromatic rings. The molecule has 1 aromatic heterocycles. The van der Waals surface area contributed by atoms with Gasteiger partial charge in [0.1, 0.15) is 4.21 Å². The first-order valence-electron chi connectivity index (χ1n) is 5.46. The molecule has 0 aromatic carbocycles. The van der Waals surface area contributed by atoms with Crippen LogP contribution in [-0.2, 0) is 14.8 Å². The largest absolute Gasteiger partial charge is 0.352 e. The monoisotopic (exact) mass is 352 g/mol. The highest BCUT2D eigenvalue weighted by atomic mass is 79.9. The van der Waals surface area contributed by atoms with Crippen molar-refractivity contribution in [2.24, 2.45) is 0 Å². The van der Waals surface area contributed by atoms with Crippen molar-refractivity contribution < 1.29 is 13.2 Å². The second kappa shape index (κ2) is 5.28. The van der Waals surface area contributed by atoms with Crippen molar-refractivity contribution in [1.29, 1.82) is 0 Å². The van der Waals surface area contributed by atoms with E-state index < -0.39 is 16.1 Å². The van der Waals surface area contributed by atoms with E-state index in [0.29, 0.717) is 0 Å². The van der Waals surface area contributed by atoms with Crippen molar-refractivity contribution in [3.8, 4) is 0 Å². The Labute approximate surface area is 118 Å². The Morgan fingerprint density at radius 1 is 1.50 bits per heavy atom. The molecular formula is C10H13BrN2O3S2. The van der Waals surface area contributed by atoms with Gasteiger partial charge in [0.05, 0.1) is 9.83 Å². The number of halogens is 1. The van der Waals surface area contributed by atoms with Crippen molar-refractivity contribution in [2.45, 2.75) is 36.1 Å². The zero-order valence-corrected chi connectivity index (χ0v) is 12.9. The zero-order valence-electron chi connectivity index (χ0n) is 9.64. The molecule has 100 valence electrons. The average molecular weight is 353 g/mol. The number of carbonyl (C=O) groups excluding carboxylic acids is 1. The summed E-state index contributed by atoms with van der Waals surface area (Å²) in [7, 11) is -3.62. The van der Waals surface area contributed by atoms with E-state index >= 15 is 0 Å². The summed E-state index contributed by atoms with van der Waals surface area (Å²) in [6.07, 6.45) is 1.95. The van der Waals surface area contributed by atoms with Gasteiger partial charge in [-0.1, -0.05) is 0 Å². The summed E-state index contributed by atoms with van der Waals surface area (Å²) in [5, 5.41) is 2.76. The van der Waals surface area contributed by atoms with Gasteiger partial charge in [0.15, 0.2) is 0 Å². The highest BCUT2D eigenvalue weighted by Crippen LogP contribution is 2.26. The van der Waals surface area contributed by atoms with Crippen molar-refractivity contribution in [1.82, 2.24) is 10.0 Å². The van der Waals surface area contributed by atoms with Gasteiger partial charge in [-0.2, -0.15) is 4.72 Å². The van der Waals surface area contributed by atoms with Gasteiger partial charge < -0.3 is 5.32 Å². The lowest BCUT2D eigenvalue weighted by Gasteiger charge is -2.13. The maximum absolute atomic E-state index is 12.0. The molecule has 1 amide bonds. The SMILES string of the molecule is CC(NS(=O)(=O)c1ccc(Br)s1)C(=O)NC1CC1. The molecular weight excluding hydrogens is 340 g/mol. The van der Waals surface area contributed by atoms with Gasteiger partial charge in [-0.25, -0.2) is 8.42 Å². The Kier molecular flexibility index (Phi) is 4.10. The number of hydrogen-bond acceptors (Lipinski definition) is 4. The number of thiophene rings is 1. The fraction of sp³-hybridized carbons (Fsp3) is 0.500. The zero-order chi connectivity index (χ0) is 13.3. The van der Waals surface area contributed by atoms with Crippen molar-refractivity contribution in [3.05, 3.63) is 15.9 Å². The third-order valence-corrected chi connectivity index (χ3v) is 6.12. The van der Waals surface area contributed by atoms with Crippen LogP contribution in [0.5, 0.6) is 0 Å². The molecule has 18 heavy (non-hydrogen) atoms. The molecule has 0 bridgehead atoms. The summed E-state index contributed by atoms with van der Waals surface area (Å²) in [4.78, 5) is 11.7. The summed E-state index contributed by atoms with van der Waals surface area (Å²) in [6.45, 7) is 1.54. The van der Waals surface area contributed by atoms with Crippen molar-refractivity contribution >= 4 is 43.2 Å². The first-order valence-corrected chi connectivity index (χ1v) is 8.56. The van der Waals surface area contributed by atoms with Crippen LogP contribution in [-0.4, -0.2) is 26.4 Å². The van der Waals surface area contributed by atoms with Gasteiger partial charge in [0.25, 0.3) is 10.0 Å². The van der Waals surface area contributed by atoms with Crippen molar-refractivity contribution in [3.63, 3.8) is 0 Å². The summed E-state index contributed by atoms with van der Waals surface area (Å²) >= 11 is 4.32. The van der Waals surface area contributed by atoms with E-state index in [2.05, 4.69) is 26.0 Å². The summed E-state index contributed by atoms with van der Waals surface area (Å²) in [5.74, 6) is -0.281. The molecule has 0 spiro atoms. The number of hydrogen-bond donors (Lipinski definition) is 2. The van der Waals surface area contributed by atoms with E-state index in [1.807, 2.05) is 0 Å². The number of amides is 1. The van der Waals surface area contributed by atoms with E-state index in [4.69, 9.17) is 0 Å². The Hall–Kier alpha value is -0.440. The molecule has 5 nitrogen and oxygen atoms in total. The first-order chi connectivity index (χ1) is 8.38. The molecule has 1 saturated carbocycles. The quantitative estimate of drug-likeness (QED) is 0.842. The van der Waals surface area contributed by atoms with Gasteiger partial charge >= 0.3 is 0 Å². The lowest BCUT2D eigenvalue weighted by Crippen LogP contribution is -2.45. The van der Waals surface area contributed by atoms with Crippen LogP contribution in [0, 0.1) is 0 Å². The Morgan fingerprint density at radius 2 is 2.17 bits per heavy atom. The van der Waals surface area contributed by atoms with Gasteiger partial charge in [-0.3, -0.25) is 4.79 Å². The summed E-state index contributed by atoms with van der Waals surface area (Å²) < 4.78 is 27.2. The van der Waals surface area contributed by atoms with Gasteiger partial charge in [-0.15, -0.1) is 11.3 Å². The van der Waals surface area contributed by atoms with Crippen LogP contribution in [0.25, 0.3) is 0 Å². The lowest BCUT2D eigenvalue weighted by atomic mass is 10.3. The van der Waals surface area contributed by atoms with E-state index in [-0.39, 0.29) is 16.2 Å². The minimum absolute atomic E-state index is 0.195. The molecule has 1 heterocycles. The molecule has 1 atom stereocenters. The molecule has 0 radical (unpaired) electrons. The number of nitrogens with one attached hydrogen (secondary N) is 2. The number of carbonyl (C=O) groups is 1. The molecule has 1 aliphatic rings. The van der Waals surface area contributed by atoms with Gasteiger partial charge in [0, 0.05) is 6.04 Å². The molecule has 2 rings (SSSR count). The normalized spacial score (nSPS) is 17.4. The molecule has 2 N–H and O–H groups in total. The third kappa shape index (κ3) is 3.53. The summed E-state index contributed by atoms with van der Waals surface area (Å²) in [5.41, 5.74) is 0. The molecule has 1 fully saturated rings. The van der Waals surface area contributed by atoms with Gasteiger partial charge in [-0.05, 0) is 47.8 Å². The Bertz CT molecular complexity index is 551. The number of sulfonamides is 1. The predicted octanol–water partition coefficient (Wildman–Crippen LogP) is 1.46. The average Bonchev–Trinajstić information content (AvgIpc) is 2.97. The Balaban J connectivity index is 2.00. The molecule has 1 aliphatic carbocycles. The highest BCUT2D eigenvalue weighted by Gasteiger charge is 2.28. The molecule has 0 saturated heterocycles. The van der Waals surface area contributed by atoms with Crippen LogP contribution in [0.1, 0.15) is 19.8 Å². The van der Waals surface area contributed by atoms with Crippen LogP contribution in [0.2, 0.25) is 0 Å². The molecule has 0 aliphatic heterocycles. The van der Waals surface area contributed by atoms with Crippen LogP contribution < -0.4 is 10.0 Å². The maximum Gasteiger partial charge on any atom is 0.250 e. The minimum Gasteiger partial charge on any atom is -0.352 e. The van der Waals surface area contributed by atoms with Crippen LogP contribution in [0.3, 0.4) is 0 Å². The van der Waals surface area contributed by atoms with Crippen LogP contribution >= 0.6 is 27.3 Å². The third-order valence-electron chi connectivity index (χ3n) is 2.46. The van der Waals surface area contributed by atoms with Gasteiger partial charge in [0.2, 0.25) is 5.91 Å². The summed E-state index contributed by atoms with van der Waals surface area (Å²) in [6, 6.07) is 2.62. The predicted molar refractivity (Wildman–Crippen MR) is 73.0 cm³/mol. The van der Waals surface area contributed by atoms with E-state index in [1.165, 1.54) is 13.0 Å². The van der Waals surface area contributed by atoms with Crippen molar-refractivity contribution in [2.75, 3.05) is 0 Å². The lowest BCUT2D eigenvalue weighted by molar-refractivity contribution is -0.122. The Morgan fingerprint density at radius 3 is 2.67 bits per heavy atom. The number of rotatable bonds is 5.